The molecule has 0 aromatic rings. The summed E-state index contributed by atoms with van der Waals surface area (Å²) in [6.07, 6.45) is 7.72. The van der Waals surface area contributed by atoms with Crippen molar-refractivity contribution in [3.05, 3.63) is 0 Å². The van der Waals surface area contributed by atoms with Gasteiger partial charge in [-0.2, -0.15) is 0 Å². The molecular weight excluding hydrogens is 260 g/mol. The first-order valence-corrected chi connectivity index (χ1v) is 8.96. The number of nitrogens with zero attached hydrogens (tertiary/aromatic N) is 1. The van der Waals surface area contributed by atoms with Gasteiger partial charge in [-0.3, -0.25) is 4.90 Å². The van der Waals surface area contributed by atoms with E-state index >= 15 is 0 Å². The molecule has 0 amide bonds. The second-order valence-electron chi connectivity index (χ2n) is 7.73. The van der Waals surface area contributed by atoms with Crippen LogP contribution in [0.15, 0.2) is 0 Å². The largest absolute Gasteiger partial charge is 0.375 e. The van der Waals surface area contributed by atoms with Crippen LogP contribution in [-0.2, 0) is 4.74 Å². The molecular formula is C18H38N2O. The minimum Gasteiger partial charge on any atom is -0.375 e. The number of rotatable bonds is 8. The molecule has 0 radical (unpaired) electrons. The van der Waals surface area contributed by atoms with E-state index in [-0.39, 0.29) is 11.1 Å². The fourth-order valence-corrected chi connectivity index (χ4v) is 3.59. The Morgan fingerprint density at radius 3 is 2.19 bits per heavy atom. The summed E-state index contributed by atoms with van der Waals surface area (Å²) in [4.78, 5) is 2.63. The molecule has 1 aliphatic rings. The molecule has 3 heteroatoms. The SMILES string of the molecule is CCCN(CCOC(C)(C)C)C1(CN)CCC(CC)CC1. The third-order valence-corrected chi connectivity index (χ3v) is 5.05. The van der Waals surface area contributed by atoms with Crippen molar-refractivity contribution in [3.8, 4) is 0 Å². The Morgan fingerprint density at radius 2 is 1.76 bits per heavy atom. The predicted octanol–water partition coefficient (Wildman–Crippen LogP) is 3.81. The molecule has 0 saturated heterocycles. The van der Waals surface area contributed by atoms with Crippen LogP contribution in [0.2, 0.25) is 0 Å². The molecule has 1 rings (SSSR count). The summed E-state index contributed by atoms with van der Waals surface area (Å²) in [6.45, 7) is 14.7. The molecule has 0 aromatic carbocycles. The molecule has 1 fully saturated rings. The lowest BCUT2D eigenvalue weighted by Crippen LogP contribution is -2.57. The van der Waals surface area contributed by atoms with Crippen LogP contribution in [0.25, 0.3) is 0 Å². The fraction of sp³-hybridized carbons (Fsp3) is 1.00. The van der Waals surface area contributed by atoms with Crippen molar-refractivity contribution in [2.24, 2.45) is 11.7 Å². The van der Waals surface area contributed by atoms with Gasteiger partial charge in [-0.1, -0.05) is 20.3 Å². The molecule has 0 heterocycles. The maximum absolute atomic E-state index is 6.23. The molecule has 0 unspecified atom stereocenters. The van der Waals surface area contributed by atoms with Crippen LogP contribution in [0, 0.1) is 5.92 Å². The van der Waals surface area contributed by atoms with Crippen LogP contribution in [0.4, 0.5) is 0 Å². The Morgan fingerprint density at radius 1 is 1.14 bits per heavy atom. The van der Waals surface area contributed by atoms with Crippen molar-refractivity contribution in [2.75, 3.05) is 26.2 Å². The Bertz CT molecular complexity index is 277. The van der Waals surface area contributed by atoms with Crippen LogP contribution in [-0.4, -0.2) is 42.3 Å². The van der Waals surface area contributed by atoms with Gasteiger partial charge < -0.3 is 10.5 Å². The summed E-state index contributed by atoms with van der Waals surface area (Å²) in [5.41, 5.74) is 6.41. The van der Waals surface area contributed by atoms with Gasteiger partial charge in [0.15, 0.2) is 0 Å². The van der Waals surface area contributed by atoms with Crippen molar-refractivity contribution >= 4 is 0 Å². The Kier molecular flexibility index (Phi) is 7.66. The molecule has 0 aliphatic heterocycles. The van der Waals surface area contributed by atoms with Gasteiger partial charge in [0.05, 0.1) is 12.2 Å². The van der Waals surface area contributed by atoms with Gasteiger partial charge in [0.2, 0.25) is 0 Å². The number of ether oxygens (including phenoxy) is 1. The minimum atomic E-state index is -0.0480. The van der Waals surface area contributed by atoms with E-state index < -0.39 is 0 Å². The summed E-state index contributed by atoms with van der Waals surface area (Å²) in [5.74, 6) is 0.916. The molecule has 21 heavy (non-hydrogen) atoms. The molecule has 0 bridgehead atoms. The van der Waals surface area contributed by atoms with E-state index in [9.17, 15) is 0 Å². The Hall–Kier alpha value is -0.120. The lowest BCUT2D eigenvalue weighted by molar-refractivity contribution is -0.0372. The first-order chi connectivity index (χ1) is 9.87. The third kappa shape index (κ3) is 5.88. The zero-order valence-electron chi connectivity index (χ0n) is 15.1. The summed E-state index contributed by atoms with van der Waals surface area (Å²) in [7, 11) is 0. The van der Waals surface area contributed by atoms with E-state index in [1.54, 1.807) is 0 Å². The van der Waals surface area contributed by atoms with Gasteiger partial charge >= 0.3 is 0 Å². The summed E-state index contributed by atoms with van der Waals surface area (Å²) >= 11 is 0. The first kappa shape index (κ1) is 18.9. The lowest BCUT2D eigenvalue weighted by Gasteiger charge is -2.48. The van der Waals surface area contributed by atoms with Gasteiger partial charge in [0, 0.05) is 18.6 Å². The van der Waals surface area contributed by atoms with Crippen LogP contribution >= 0.6 is 0 Å². The van der Waals surface area contributed by atoms with E-state index in [1.165, 1.54) is 38.5 Å². The highest BCUT2D eigenvalue weighted by molar-refractivity contribution is 4.95. The smallest absolute Gasteiger partial charge is 0.0600 e. The highest BCUT2D eigenvalue weighted by atomic mass is 16.5. The Balaban J connectivity index is 2.63. The summed E-state index contributed by atoms with van der Waals surface area (Å²) in [6, 6.07) is 0. The van der Waals surface area contributed by atoms with Crippen molar-refractivity contribution in [1.82, 2.24) is 4.90 Å². The highest BCUT2D eigenvalue weighted by Crippen LogP contribution is 2.37. The van der Waals surface area contributed by atoms with E-state index in [0.717, 1.165) is 32.2 Å². The van der Waals surface area contributed by atoms with E-state index in [1.807, 2.05) is 0 Å². The van der Waals surface area contributed by atoms with Gasteiger partial charge in [0.1, 0.15) is 0 Å². The van der Waals surface area contributed by atoms with Crippen LogP contribution in [0.5, 0.6) is 0 Å². The second-order valence-corrected chi connectivity index (χ2v) is 7.73. The van der Waals surface area contributed by atoms with Crippen molar-refractivity contribution < 1.29 is 4.74 Å². The van der Waals surface area contributed by atoms with Gasteiger partial charge in [0.25, 0.3) is 0 Å². The van der Waals surface area contributed by atoms with Gasteiger partial charge in [-0.25, -0.2) is 0 Å². The monoisotopic (exact) mass is 298 g/mol. The normalized spacial score (nSPS) is 27.3. The van der Waals surface area contributed by atoms with Gasteiger partial charge in [-0.05, 0) is 65.3 Å². The van der Waals surface area contributed by atoms with Crippen LogP contribution in [0.1, 0.15) is 73.1 Å². The number of nitrogens with two attached hydrogens (primary N) is 1. The molecule has 1 saturated carbocycles. The minimum absolute atomic E-state index is 0.0480. The Labute approximate surface area is 132 Å². The van der Waals surface area contributed by atoms with Crippen molar-refractivity contribution in [2.45, 2.75) is 84.3 Å². The van der Waals surface area contributed by atoms with Crippen LogP contribution in [0.3, 0.4) is 0 Å². The average molecular weight is 299 g/mol. The van der Waals surface area contributed by atoms with Gasteiger partial charge in [-0.15, -0.1) is 0 Å². The fourth-order valence-electron chi connectivity index (χ4n) is 3.59. The maximum atomic E-state index is 6.23. The molecule has 2 N–H and O–H groups in total. The number of hydrogen-bond acceptors (Lipinski definition) is 3. The summed E-state index contributed by atoms with van der Waals surface area (Å²) in [5, 5.41) is 0. The quantitative estimate of drug-likeness (QED) is 0.740. The third-order valence-electron chi connectivity index (χ3n) is 5.05. The maximum Gasteiger partial charge on any atom is 0.0600 e. The van der Waals surface area contributed by atoms with E-state index in [2.05, 4.69) is 39.5 Å². The second kappa shape index (κ2) is 8.50. The standard InChI is InChI=1S/C18H38N2O/c1-6-12-20(13-14-21-17(3,4)5)18(15-19)10-8-16(7-2)9-11-18/h16H,6-15,19H2,1-5H3. The zero-order chi connectivity index (χ0) is 15.9. The van der Waals surface area contributed by atoms with E-state index in [0.29, 0.717) is 0 Å². The van der Waals surface area contributed by atoms with E-state index in [4.69, 9.17) is 10.5 Å². The molecule has 126 valence electrons. The summed E-state index contributed by atoms with van der Waals surface area (Å²) < 4.78 is 5.95. The highest BCUT2D eigenvalue weighted by Gasteiger charge is 2.38. The first-order valence-electron chi connectivity index (χ1n) is 8.96. The topological polar surface area (TPSA) is 38.5 Å². The molecule has 0 aromatic heterocycles. The predicted molar refractivity (Wildman–Crippen MR) is 91.6 cm³/mol. The van der Waals surface area contributed by atoms with Crippen molar-refractivity contribution in [3.63, 3.8) is 0 Å². The molecule has 1 aliphatic carbocycles. The van der Waals surface area contributed by atoms with Crippen molar-refractivity contribution in [1.29, 1.82) is 0 Å². The average Bonchev–Trinajstić information content (AvgIpc) is 2.45. The number of hydrogen-bond donors (Lipinski definition) is 1. The molecule has 3 nitrogen and oxygen atoms in total. The molecule has 0 atom stereocenters. The van der Waals surface area contributed by atoms with Crippen LogP contribution < -0.4 is 5.73 Å². The lowest BCUT2D eigenvalue weighted by atomic mass is 9.74. The molecule has 0 spiro atoms. The zero-order valence-corrected chi connectivity index (χ0v) is 15.1.